The van der Waals surface area contributed by atoms with Crippen LogP contribution < -0.4 is 0 Å². The van der Waals surface area contributed by atoms with E-state index in [1.807, 2.05) is 53.6 Å². The van der Waals surface area contributed by atoms with Gasteiger partial charge in [-0.25, -0.2) is 9.67 Å². The number of hydrogen-bond acceptors (Lipinski definition) is 3. The first kappa shape index (κ1) is 13.8. The monoisotopic (exact) mass is 326 g/mol. The predicted octanol–water partition coefficient (Wildman–Crippen LogP) is 4.47. The maximum atomic E-state index is 5.47. The van der Waals surface area contributed by atoms with Crippen LogP contribution >= 0.6 is 0 Å². The molecule has 5 rings (SSSR count). The van der Waals surface area contributed by atoms with Gasteiger partial charge in [0.25, 0.3) is 0 Å². The Hall–Kier alpha value is -3.60. The number of imidazole rings is 1. The van der Waals surface area contributed by atoms with Gasteiger partial charge in [0, 0.05) is 23.6 Å². The highest BCUT2D eigenvalue weighted by Gasteiger charge is 2.09. The first-order valence-electron chi connectivity index (χ1n) is 8.00. The van der Waals surface area contributed by atoms with E-state index in [0.29, 0.717) is 0 Å². The minimum Gasteiger partial charge on any atom is -0.464 e. The van der Waals surface area contributed by atoms with E-state index in [1.54, 1.807) is 12.5 Å². The molecule has 3 heterocycles. The van der Waals surface area contributed by atoms with Crippen molar-refractivity contribution >= 4 is 11.0 Å². The van der Waals surface area contributed by atoms with Gasteiger partial charge in [0.05, 0.1) is 23.0 Å². The van der Waals surface area contributed by atoms with Crippen molar-refractivity contribution in [1.29, 1.82) is 0 Å². The van der Waals surface area contributed by atoms with E-state index in [2.05, 4.69) is 38.9 Å². The zero-order valence-electron chi connectivity index (χ0n) is 13.3. The van der Waals surface area contributed by atoms with Crippen molar-refractivity contribution in [3.05, 3.63) is 85.6 Å². The first-order valence-corrected chi connectivity index (χ1v) is 8.00. The summed E-state index contributed by atoms with van der Waals surface area (Å²) in [6.07, 6.45) is 7.23. The quantitative estimate of drug-likeness (QED) is 0.491. The van der Waals surface area contributed by atoms with E-state index in [0.717, 1.165) is 33.7 Å². The number of nitrogens with zero attached hydrogens (tertiary/aromatic N) is 4. The lowest BCUT2D eigenvalue weighted by Crippen LogP contribution is -1.97. The van der Waals surface area contributed by atoms with Gasteiger partial charge in [-0.2, -0.15) is 5.10 Å². The van der Waals surface area contributed by atoms with Crippen molar-refractivity contribution in [2.45, 2.75) is 0 Å². The summed E-state index contributed by atoms with van der Waals surface area (Å²) in [6.45, 7) is 0. The molecule has 0 aliphatic carbocycles. The third kappa shape index (κ3) is 2.33. The fourth-order valence-corrected chi connectivity index (χ4v) is 3.02. The van der Waals surface area contributed by atoms with Crippen LogP contribution in [0.5, 0.6) is 0 Å². The van der Waals surface area contributed by atoms with Crippen molar-refractivity contribution in [2.75, 3.05) is 0 Å². The van der Waals surface area contributed by atoms with E-state index in [1.165, 1.54) is 0 Å². The number of furan rings is 1. The van der Waals surface area contributed by atoms with Crippen LogP contribution in [-0.2, 0) is 0 Å². The van der Waals surface area contributed by atoms with Crippen molar-refractivity contribution in [2.24, 2.45) is 0 Å². The van der Waals surface area contributed by atoms with Gasteiger partial charge in [-0.3, -0.25) is 4.57 Å². The lowest BCUT2D eigenvalue weighted by molar-refractivity contribution is 0.582. The summed E-state index contributed by atoms with van der Waals surface area (Å²) in [7, 11) is 0. The summed E-state index contributed by atoms with van der Waals surface area (Å²) in [4.78, 5) is 4.56. The highest BCUT2D eigenvalue weighted by molar-refractivity contribution is 5.82. The van der Waals surface area contributed by atoms with Crippen LogP contribution in [0.1, 0.15) is 0 Å². The number of benzene rings is 2. The summed E-state index contributed by atoms with van der Waals surface area (Å²) in [5, 5.41) is 4.29. The van der Waals surface area contributed by atoms with Crippen molar-refractivity contribution < 1.29 is 4.42 Å². The molecule has 0 bridgehead atoms. The van der Waals surface area contributed by atoms with E-state index in [-0.39, 0.29) is 0 Å². The Morgan fingerprint density at radius 2 is 1.84 bits per heavy atom. The molecular formula is C20H14N4O. The van der Waals surface area contributed by atoms with Gasteiger partial charge in [0.1, 0.15) is 12.1 Å². The van der Waals surface area contributed by atoms with Gasteiger partial charge in [-0.1, -0.05) is 6.07 Å². The normalized spacial score (nSPS) is 11.2. The standard InChI is InChI=1S/C20H14N4O/c1-4-16(13-17(5-1)24-10-3-9-22-24)23-14-21-18-12-15(7-8-19(18)23)20-6-2-11-25-20/h1-14H. The Kier molecular flexibility index (Phi) is 3.03. The van der Waals surface area contributed by atoms with Gasteiger partial charge in [-0.05, 0) is 54.6 Å². The van der Waals surface area contributed by atoms with Crippen LogP contribution in [0.15, 0.2) is 90.1 Å². The Balaban J connectivity index is 1.61. The van der Waals surface area contributed by atoms with Crippen LogP contribution in [0.25, 0.3) is 33.7 Å². The molecule has 0 saturated heterocycles. The molecule has 0 atom stereocenters. The average Bonchev–Trinajstić information content (AvgIpc) is 3.42. The van der Waals surface area contributed by atoms with Crippen LogP contribution in [0.4, 0.5) is 0 Å². The summed E-state index contributed by atoms with van der Waals surface area (Å²) in [6, 6.07) is 20.1. The van der Waals surface area contributed by atoms with Crippen molar-refractivity contribution in [1.82, 2.24) is 19.3 Å². The summed E-state index contributed by atoms with van der Waals surface area (Å²) < 4.78 is 9.40. The van der Waals surface area contributed by atoms with Crippen LogP contribution in [-0.4, -0.2) is 19.3 Å². The maximum Gasteiger partial charge on any atom is 0.133 e. The average molecular weight is 326 g/mol. The summed E-state index contributed by atoms with van der Waals surface area (Å²) in [5.41, 5.74) is 5.05. The Morgan fingerprint density at radius 1 is 0.880 bits per heavy atom. The third-order valence-electron chi connectivity index (χ3n) is 4.23. The molecule has 0 amide bonds. The molecule has 2 aromatic carbocycles. The Bertz CT molecular complexity index is 1140. The van der Waals surface area contributed by atoms with Crippen molar-refractivity contribution in [3.63, 3.8) is 0 Å². The number of hydrogen-bond donors (Lipinski definition) is 0. The van der Waals surface area contributed by atoms with Crippen LogP contribution in [0.3, 0.4) is 0 Å². The van der Waals surface area contributed by atoms with Gasteiger partial charge in [0.15, 0.2) is 0 Å². The molecule has 0 spiro atoms. The van der Waals surface area contributed by atoms with Gasteiger partial charge >= 0.3 is 0 Å². The third-order valence-corrected chi connectivity index (χ3v) is 4.23. The van der Waals surface area contributed by atoms with Crippen LogP contribution in [0.2, 0.25) is 0 Å². The fourth-order valence-electron chi connectivity index (χ4n) is 3.02. The fraction of sp³-hybridized carbons (Fsp3) is 0. The molecule has 120 valence electrons. The lowest BCUT2D eigenvalue weighted by atomic mass is 10.1. The maximum absolute atomic E-state index is 5.47. The number of aromatic nitrogens is 4. The molecular weight excluding hydrogens is 312 g/mol. The second-order valence-corrected chi connectivity index (χ2v) is 5.77. The van der Waals surface area contributed by atoms with E-state index in [4.69, 9.17) is 4.42 Å². The molecule has 0 fully saturated rings. The molecule has 0 saturated carbocycles. The largest absolute Gasteiger partial charge is 0.464 e. The van der Waals surface area contributed by atoms with E-state index >= 15 is 0 Å². The molecule has 0 unspecified atom stereocenters. The predicted molar refractivity (Wildman–Crippen MR) is 95.9 cm³/mol. The molecule has 0 N–H and O–H groups in total. The lowest BCUT2D eigenvalue weighted by Gasteiger charge is -2.08. The minimum absolute atomic E-state index is 0.845. The molecule has 0 aliphatic heterocycles. The molecule has 3 aromatic heterocycles. The second-order valence-electron chi connectivity index (χ2n) is 5.77. The SMILES string of the molecule is c1cc(-n2cccn2)cc(-n2cnc3cc(-c4ccco4)ccc32)c1. The topological polar surface area (TPSA) is 48.8 Å². The minimum atomic E-state index is 0.845. The smallest absolute Gasteiger partial charge is 0.133 e. The number of rotatable bonds is 3. The zero-order chi connectivity index (χ0) is 16.6. The van der Waals surface area contributed by atoms with E-state index in [9.17, 15) is 0 Å². The molecule has 5 aromatic rings. The summed E-state index contributed by atoms with van der Waals surface area (Å²) in [5.74, 6) is 0.845. The molecule has 0 aliphatic rings. The molecule has 0 radical (unpaired) electrons. The van der Waals surface area contributed by atoms with Crippen LogP contribution in [0, 0.1) is 0 Å². The zero-order valence-corrected chi connectivity index (χ0v) is 13.3. The van der Waals surface area contributed by atoms with Crippen molar-refractivity contribution in [3.8, 4) is 22.7 Å². The van der Waals surface area contributed by atoms with E-state index < -0.39 is 0 Å². The van der Waals surface area contributed by atoms with Gasteiger partial charge in [-0.15, -0.1) is 0 Å². The highest BCUT2D eigenvalue weighted by atomic mass is 16.3. The second kappa shape index (κ2) is 5.49. The first-order chi connectivity index (χ1) is 12.4. The van der Waals surface area contributed by atoms with Gasteiger partial charge < -0.3 is 4.42 Å². The number of fused-ring (bicyclic) bond motifs is 1. The van der Waals surface area contributed by atoms with Gasteiger partial charge in [0.2, 0.25) is 0 Å². The Morgan fingerprint density at radius 3 is 2.68 bits per heavy atom. The molecule has 5 heteroatoms. The molecule has 5 nitrogen and oxygen atoms in total. The highest BCUT2D eigenvalue weighted by Crippen LogP contribution is 2.26. The Labute approximate surface area is 143 Å². The summed E-state index contributed by atoms with van der Waals surface area (Å²) >= 11 is 0. The molecule has 25 heavy (non-hydrogen) atoms.